The number of carboxylic acids is 1. The van der Waals surface area contributed by atoms with E-state index in [1.807, 2.05) is 0 Å². The second kappa shape index (κ2) is 6.37. The predicted octanol–water partition coefficient (Wildman–Crippen LogP) is 4.51. The van der Waals surface area contributed by atoms with Crippen molar-refractivity contribution in [3.05, 3.63) is 64.7 Å². The van der Waals surface area contributed by atoms with Crippen LogP contribution in [0, 0.1) is 11.6 Å². The van der Waals surface area contributed by atoms with Crippen LogP contribution < -0.4 is 4.74 Å². The van der Waals surface area contributed by atoms with Crippen molar-refractivity contribution >= 4 is 23.6 Å². The van der Waals surface area contributed by atoms with Crippen molar-refractivity contribution in [3.8, 4) is 11.5 Å². The summed E-state index contributed by atoms with van der Waals surface area (Å²) in [6.45, 7) is 0. The van der Waals surface area contributed by atoms with Crippen molar-refractivity contribution in [1.29, 1.82) is 0 Å². The van der Waals surface area contributed by atoms with Crippen LogP contribution in [-0.4, -0.2) is 11.1 Å². The van der Waals surface area contributed by atoms with Crippen LogP contribution in [0.3, 0.4) is 0 Å². The fraction of sp³-hybridized carbons (Fsp3) is 0. The highest BCUT2D eigenvalue weighted by Crippen LogP contribution is 2.30. The van der Waals surface area contributed by atoms with Crippen molar-refractivity contribution in [1.82, 2.24) is 0 Å². The molecule has 2 rings (SSSR count). The molecule has 0 amide bonds. The Hall–Kier alpha value is -2.40. The van der Waals surface area contributed by atoms with E-state index in [-0.39, 0.29) is 16.5 Å². The fourth-order valence-electron chi connectivity index (χ4n) is 1.59. The Balaban J connectivity index is 2.29. The Labute approximate surface area is 124 Å². The number of ether oxygens (including phenoxy) is 1. The highest BCUT2D eigenvalue weighted by atomic mass is 35.5. The first-order chi connectivity index (χ1) is 9.94. The molecule has 0 aromatic heterocycles. The largest absolute Gasteiger partial charge is 0.478 e. The average Bonchev–Trinajstić information content (AvgIpc) is 2.39. The summed E-state index contributed by atoms with van der Waals surface area (Å²) >= 11 is 5.81. The van der Waals surface area contributed by atoms with Gasteiger partial charge in [0.1, 0.15) is 23.1 Å². The standard InChI is InChI=1S/C15H9ClF2O3/c16-13-8-10(17)2-3-14(13)21-12-6-9(1-4-15(19)20)5-11(18)7-12/h1-8H,(H,19,20)/b4-1+. The Bertz CT molecular complexity index is 714. The maximum absolute atomic E-state index is 13.5. The fourth-order valence-corrected chi connectivity index (χ4v) is 1.80. The third-order valence-electron chi connectivity index (χ3n) is 2.43. The van der Waals surface area contributed by atoms with Crippen LogP contribution in [-0.2, 0) is 4.79 Å². The zero-order valence-corrected chi connectivity index (χ0v) is 11.3. The van der Waals surface area contributed by atoms with E-state index in [2.05, 4.69) is 0 Å². The number of benzene rings is 2. The molecule has 3 nitrogen and oxygen atoms in total. The molecule has 0 aliphatic carbocycles. The number of halogens is 3. The SMILES string of the molecule is O=C(O)/C=C/c1cc(F)cc(Oc2ccc(F)cc2Cl)c1. The Morgan fingerprint density at radius 1 is 1.14 bits per heavy atom. The number of carbonyl (C=O) groups is 1. The molecule has 6 heteroatoms. The summed E-state index contributed by atoms with van der Waals surface area (Å²) in [6, 6.07) is 7.24. The maximum Gasteiger partial charge on any atom is 0.328 e. The van der Waals surface area contributed by atoms with Crippen molar-refractivity contribution in [2.45, 2.75) is 0 Å². The minimum atomic E-state index is -1.15. The molecular weight excluding hydrogens is 302 g/mol. The molecule has 1 N–H and O–H groups in total. The van der Waals surface area contributed by atoms with Gasteiger partial charge in [-0.2, -0.15) is 0 Å². The second-order valence-corrected chi connectivity index (χ2v) is 4.48. The van der Waals surface area contributed by atoms with Gasteiger partial charge in [0.15, 0.2) is 0 Å². The predicted molar refractivity (Wildman–Crippen MR) is 74.6 cm³/mol. The van der Waals surface area contributed by atoms with Gasteiger partial charge in [0.05, 0.1) is 5.02 Å². The Morgan fingerprint density at radius 3 is 2.57 bits per heavy atom. The summed E-state index contributed by atoms with van der Waals surface area (Å²) in [5.41, 5.74) is 0.311. The zero-order chi connectivity index (χ0) is 15.4. The molecule has 0 heterocycles. The highest BCUT2D eigenvalue weighted by Gasteiger charge is 2.07. The van der Waals surface area contributed by atoms with E-state index in [1.165, 1.54) is 18.2 Å². The smallest absolute Gasteiger partial charge is 0.328 e. The summed E-state index contributed by atoms with van der Waals surface area (Å²) in [7, 11) is 0. The topological polar surface area (TPSA) is 46.5 Å². The highest BCUT2D eigenvalue weighted by molar-refractivity contribution is 6.32. The minimum absolute atomic E-state index is 0.0434. The van der Waals surface area contributed by atoms with Gasteiger partial charge in [-0.05, 0) is 42.0 Å². The summed E-state index contributed by atoms with van der Waals surface area (Å²) in [5, 5.41) is 8.59. The number of hydrogen-bond donors (Lipinski definition) is 1. The monoisotopic (exact) mass is 310 g/mol. The van der Waals surface area contributed by atoms with E-state index in [4.69, 9.17) is 21.4 Å². The third kappa shape index (κ3) is 4.29. The van der Waals surface area contributed by atoms with Gasteiger partial charge in [0.2, 0.25) is 0 Å². The van der Waals surface area contributed by atoms with Crippen molar-refractivity contribution < 1.29 is 23.4 Å². The Kier molecular flexibility index (Phi) is 4.55. The van der Waals surface area contributed by atoms with E-state index < -0.39 is 17.6 Å². The summed E-state index contributed by atoms with van der Waals surface area (Å²) in [5.74, 6) is -1.99. The van der Waals surface area contributed by atoms with Gasteiger partial charge in [0, 0.05) is 12.1 Å². The van der Waals surface area contributed by atoms with E-state index in [1.54, 1.807) is 0 Å². The van der Waals surface area contributed by atoms with Crippen LogP contribution in [0.15, 0.2) is 42.5 Å². The Morgan fingerprint density at radius 2 is 1.90 bits per heavy atom. The molecule has 0 atom stereocenters. The normalized spacial score (nSPS) is 10.8. The summed E-state index contributed by atoms with van der Waals surface area (Å²) < 4.78 is 31.8. The van der Waals surface area contributed by atoms with Gasteiger partial charge < -0.3 is 9.84 Å². The van der Waals surface area contributed by atoms with Gasteiger partial charge in [-0.25, -0.2) is 13.6 Å². The lowest BCUT2D eigenvalue weighted by atomic mass is 10.2. The van der Waals surface area contributed by atoms with Gasteiger partial charge >= 0.3 is 5.97 Å². The first kappa shape index (κ1) is 15.0. The van der Waals surface area contributed by atoms with Crippen LogP contribution in [0.2, 0.25) is 5.02 Å². The van der Waals surface area contributed by atoms with Crippen molar-refractivity contribution in [2.24, 2.45) is 0 Å². The molecule has 2 aromatic rings. The number of rotatable bonds is 4. The molecule has 108 valence electrons. The number of hydrogen-bond acceptors (Lipinski definition) is 2. The molecular formula is C15H9ClF2O3. The molecule has 21 heavy (non-hydrogen) atoms. The average molecular weight is 311 g/mol. The molecule has 0 aliphatic rings. The molecule has 0 aliphatic heterocycles. The lowest BCUT2D eigenvalue weighted by Gasteiger charge is -2.08. The van der Waals surface area contributed by atoms with Gasteiger partial charge in [-0.3, -0.25) is 0 Å². The van der Waals surface area contributed by atoms with Crippen molar-refractivity contribution in [2.75, 3.05) is 0 Å². The van der Waals surface area contributed by atoms with Crippen LogP contribution >= 0.6 is 11.6 Å². The molecule has 2 aromatic carbocycles. The first-order valence-electron chi connectivity index (χ1n) is 5.78. The summed E-state index contributed by atoms with van der Waals surface area (Å²) in [4.78, 5) is 10.4. The van der Waals surface area contributed by atoms with Crippen LogP contribution in [0.25, 0.3) is 6.08 Å². The molecule has 0 bridgehead atoms. The van der Waals surface area contributed by atoms with E-state index in [0.29, 0.717) is 5.56 Å². The molecule has 0 spiro atoms. The van der Waals surface area contributed by atoms with Crippen LogP contribution in [0.4, 0.5) is 8.78 Å². The van der Waals surface area contributed by atoms with E-state index >= 15 is 0 Å². The second-order valence-electron chi connectivity index (χ2n) is 4.07. The van der Waals surface area contributed by atoms with E-state index in [9.17, 15) is 13.6 Å². The third-order valence-corrected chi connectivity index (χ3v) is 2.73. The first-order valence-corrected chi connectivity index (χ1v) is 6.16. The molecule has 0 saturated heterocycles. The molecule has 0 unspecified atom stereocenters. The number of carboxylic acid groups (broad SMARTS) is 1. The lowest BCUT2D eigenvalue weighted by molar-refractivity contribution is -0.131. The minimum Gasteiger partial charge on any atom is -0.478 e. The summed E-state index contributed by atoms with van der Waals surface area (Å²) in [6.07, 6.45) is 2.11. The van der Waals surface area contributed by atoms with Gasteiger partial charge in [-0.15, -0.1) is 0 Å². The zero-order valence-electron chi connectivity index (χ0n) is 10.5. The number of aliphatic carboxylic acids is 1. The van der Waals surface area contributed by atoms with Crippen LogP contribution in [0.5, 0.6) is 11.5 Å². The van der Waals surface area contributed by atoms with Gasteiger partial charge in [0.25, 0.3) is 0 Å². The molecule has 0 radical (unpaired) electrons. The molecule has 0 fully saturated rings. The quantitative estimate of drug-likeness (QED) is 0.845. The van der Waals surface area contributed by atoms with E-state index in [0.717, 1.165) is 30.3 Å². The van der Waals surface area contributed by atoms with Gasteiger partial charge in [-0.1, -0.05) is 11.6 Å². The van der Waals surface area contributed by atoms with Crippen molar-refractivity contribution in [3.63, 3.8) is 0 Å². The lowest BCUT2D eigenvalue weighted by Crippen LogP contribution is -1.90. The molecule has 0 saturated carbocycles. The maximum atomic E-state index is 13.5. The van der Waals surface area contributed by atoms with Crippen LogP contribution in [0.1, 0.15) is 5.56 Å².